The van der Waals surface area contributed by atoms with E-state index in [1.807, 2.05) is 30.0 Å². The predicted octanol–water partition coefficient (Wildman–Crippen LogP) is 5.90. The van der Waals surface area contributed by atoms with Crippen LogP contribution < -0.4 is 4.90 Å². The van der Waals surface area contributed by atoms with Crippen molar-refractivity contribution in [3.63, 3.8) is 0 Å². The first-order valence-corrected chi connectivity index (χ1v) is 11.4. The summed E-state index contributed by atoms with van der Waals surface area (Å²) in [6.07, 6.45) is 7.31. The average molecular weight is 444 g/mol. The maximum absolute atomic E-state index is 12.6. The lowest BCUT2D eigenvalue weighted by molar-refractivity contribution is -0.117. The van der Waals surface area contributed by atoms with Gasteiger partial charge in [0.05, 0.1) is 6.04 Å². The van der Waals surface area contributed by atoms with Gasteiger partial charge in [-0.05, 0) is 43.9 Å². The first-order valence-electron chi connectivity index (χ1n) is 10.0. The summed E-state index contributed by atoms with van der Waals surface area (Å²) in [4.78, 5) is 21.9. The molecule has 2 aliphatic rings. The van der Waals surface area contributed by atoms with Crippen LogP contribution in [0.25, 0.3) is 0 Å². The number of anilines is 1. The Hall–Kier alpha value is -0.910. The van der Waals surface area contributed by atoms with E-state index in [4.69, 9.17) is 16.6 Å². The lowest BCUT2D eigenvalue weighted by Crippen LogP contribution is -2.50. The predicted molar refractivity (Wildman–Crippen MR) is 124 cm³/mol. The number of hydrogen-bond acceptors (Lipinski definition) is 3. The number of carbonyl (C=O) groups is 1. The second kappa shape index (κ2) is 10.7. The highest BCUT2D eigenvalue weighted by Gasteiger charge is 2.36. The molecule has 3 rings (SSSR count). The molecule has 1 heterocycles. The minimum absolute atomic E-state index is 0. The van der Waals surface area contributed by atoms with Crippen molar-refractivity contribution in [2.45, 2.75) is 71.5 Å². The number of carbonyl (C=O) groups excluding carboxylic acids is 1. The zero-order valence-electron chi connectivity index (χ0n) is 17.0. The second-order valence-corrected chi connectivity index (χ2v) is 8.91. The fraction of sp³-hybridized carbons (Fsp3) is 0.619. The Morgan fingerprint density at radius 3 is 2.64 bits per heavy atom. The minimum Gasteiger partial charge on any atom is -0.330 e. The van der Waals surface area contributed by atoms with Crippen molar-refractivity contribution in [2.75, 3.05) is 17.2 Å². The number of aliphatic imine (C=N–C) groups is 1. The molecule has 1 saturated heterocycles. The highest BCUT2D eigenvalue weighted by Crippen LogP contribution is 2.33. The van der Waals surface area contributed by atoms with Gasteiger partial charge in [-0.3, -0.25) is 14.7 Å². The summed E-state index contributed by atoms with van der Waals surface area (Å²) in [6.45, 7) is 6.71. The Morgan fingerprint density at radius 2 is 2.04 bits per heavy atom. The third-order valence-corrected chi connectivity index (χ3v) is 6.84. The molecule has 2 fully saturated rings. The molecule has 1 aromatic carbocycles. The van der Waals surface area contributed by atoms with Gasteiger partial charge in [-0.25, -0.2) is 0 Å². The van der Waals surface area contributed by atoms with E-state index in [9.17, 15) is 4.79 Å². The summed E-state index contributed by atoms with van der Waals surface area (Å²) in [6, 6.07) is 6.33. The molecule has 1 saturated carbocycles. The number of amidine groups is 1. The van der Waals surface area contributed by atoms with Gasteiger partial charge in [0, 0.05) is 29.9 Å². The molecule has 1 atom stereocenters. The number of aryl methyl sites for hydroxylation is 1. The number of benzene rings is 1. The molecule has 0 N–H and O–H groups in total. The molecular weight excluding hydrogens is 413 g/mol. The molecule has 1 aromatic rings. The summed E-state index contributed by atoms with van der Waals surface area (Å²) in [5.74, 6) is 0.886. The monoisotopic (exact) mass is 443 g/mol. The van der Waals surface area contributed by atoms with Crippen LogP contribution in [-0.4, -0.2) is 40.5 Å². The fourth-order valence-corrected chi connectivity index (χ4v) is 5.33. The number of nitrogens with zero attached hydrogens (tertiary/aromatic N) is 3. The van der Waals surface area contributed by atoms with Gasteiger partial charge in [-0.15, -0.1) is 12.4 Å². The lowest BCUT2D eigenvalue weighted by atomic mass is 9.96. The van der Waals surface area contributed by atoms with Crippen LogP contribution in [0.4, 0.5) is 5.69 Å². The maximum atomic E-state index is 12.6. The third-order valence-electron chi connectivity index (χ3n) is 5.37. The summed E-state index contributed by atoms with van der Waals surface area (Å²) in [7, 11) is 0. The van der Waals surface area contributed by atoms with Crippen molar-refractivity contribution in [3.8, 4) is 0 Å². The van der Waals surface area contributed by atoms with Crippen molar-refractivity contribution < 1.29 is 4.79 Å². The molecule has 156 valence electrons. The quantitative estimate of drug-likeness (QED) is 0.568. The fourth-order valence-electron chi connectivity index (χ4n) is 3.92. The molecule has 0 spiro atoms. The van der Waals surface area contributed by atoms with Gasteiger partial charge in [0.1, 0.15) is 6.17 Å². The van der Waals surface area contributed by atoms with Crippen LogP contribution in [-0.2, 0) is 4.79 Å². The zero-order chi connectivity index (χ0) is 19.4. The Balaban J connectivity index is 0.00000280. The Kier molecular flexibility index (Phi) is 8.97. The highest BCUT2D eigenvalue weighted by molar-refractivity contribution is 8.14. The SMILES string of the molecule is CCCN1C(=NC2CCCCC2)SCC1N(C(C)=O)c1ccc(C)c(Cl)c1.Cl. The van der Waals surface area contributed by atoms with Gasteiger partial charge in [0.2, 0.25) is 5.91 Å². The van der Waals surface area contributed by atoms with E-state index < -0.39 is 0 Å². The molecule has 4 nitrogen and oxygen atoms in total. The maximum Gasteiger partial charge on any atom is 0.225 e. The number of amides is 1. The van der Waals surface area contributed by atoms with Crippen LogP contribution in [0.5, 0.6) is 0 Å². The van der Waals surface area contributed by atoms with Crippen molar-refractivity contribution in [1.82, 2.24) is 4.90 Å². The molecule has 1 unspecified atom stereocenters. The topological polar surface area (TPSA) is 35.9 Å². The second-order valence-electron chi connectivity index (χ2n) is 7.51. The zero-order valence-corrected chi connectivity index (χ0v) is 19.4. The molecule has 7 heteroatoms. The summed E-state index contributed by atoms with van der Waals surface area (Å²) in [5.41, 5.74) is 1.89. The van der Waals surface area contributed by atoms with Crippen LogP contribution in [0.1, 0.15) is 57.9 Å². The number of hydrogen-bond donors (Lipinski definition) is 0. The average Bonchev–Trinajstić information content (AvgIpc) is 3.01. The van der Waals surface area contributed by atoms with E-state index in [-0.39, 0.29) is 24.5 Å². The molecule has 1 amide bonds. The standard InChI is InChI=1S/C21H30ClN3OS.ClH/c1-4-12-24-20(14-27-21(24)23-17-8-6-5-7-9-17)25(16(3)26)18-11-10-15(2)19(22)13-18;/h10-11,13,17,20H,4-9,12,14H2,1-3H3;1H. The van der Waals surface area contributed by atoms with Crippen LogP contribution in [0.3, 0.4) is 0 Å². The third kappa shape index (κ3) is 5.37. The molecule has 1 aliphatic carbocycles. The molecular formula is C21H31Cl2N3OS. The van der Waals surface area contributed by atoms with Gasteiger partial charge in [-0.1, -0.05) is 55.6 Å². The number of thioether (sulfide) groups is 1. The van der Waals surface area contributed by atoms with E-state index in [0.717, 1.165) is 35.1 Å². The smallest absolute Gasteiger partial charge is 0.225 e. The van der Waals surface area contributed by atoms with Crippen LogP contribution in [0, 0.1) is 6.92 Å². The van der Waals surface area contributed by atoms with Gasteiger partial charge in [0.25, 0.3) is 0 Å². The van der Waals surface area contributed by atoms with E-state index in [1.165, 1.54) is 32.1 Å². The van der Waals surface area contributed by atoms with E-state index in [1.54, 1.807) is 18.7 Å². The minimum atomic E-state index is -0.00596. The van der Waals surface area contributed by atoms with Gasteiger partial charge in [-0.2, -0.15) is 0 Å². The lowest BCUT2D eigenvalue weighted by Gasteiger charge is -2.35. The van der Waals surface area contributed by atoms with Crippen LogP contribution in [0.15, 0.2) is 23.2 Å². The Labute approximate surface area is 184 Å². The van der Waals surface area contributed by atoms with Crippen LogP contribution >= 0.6 is 35.8 Å². The largest absolute Gasteiger partial charge is 0.330 e. The van der Waals surface area contributed by atoms with Gasteiger partial charge >= 0.3 is 0 Å². The normalized spacial score (nSPS) is 21.6. The summed E-state index contributed by atoms with van der Waals surface area (Å²) >= 11 is 8.13. The summed E-state index contributed by atoms with van der Waals surface area (Å²) in [5, 5.41) is 1.81. The highest BCUT2D eigenvalue weighted by atomic mass is 35.5. The van der Waals surface area contributed by atoms with Gasteiger partial charge in [0.15, 0.2) is 5.17 Å². The van der Waals surface area contributed by atoms with E-state index in [2.05, 4.69) is 11.8 Å². The van der Waals surface area contributed by atoms with E-state index in [0.29, 0.717) is 11.1 Å². The first kappa shape index (κ1) is 23.4. The Morgan fingerprint density at radius 1 is 1.32 bits per heavy atom. The van der Waals surface area contributed by atoms with Crippen molar-refractivity contribution in [1.29, 1.82) is 0 Å². The summed E-state index contributed by atoms with van der Waals surface area (Å²) < 4.78 is 0. The number of halogens is 2. The first-order chi connectivity index (χ1) is 13.0. The molecule has 28 heavy (non-hydrogen) atoms. The van der Waals surface area contributed by atoms with Crippen molar-refractivity contribution in [3.05, 3.63) is 28.8 Å². The molecule has 1 aliphatic heterocycles. The van der Waals surface area contributed by atoms with E-state index >= 15 is 0 Å². The molecule has 0 aromatic heterocycles. The molecule has 0 radical (unpaired) electrons. The Bertz CT molecular complexity index is 707. The molecule has 0 bridgehead atoms. The van der Waals surface area contributed by atoms with Crippen LogP contribution in [0.2, 0.25) is 5.02 Å². The number of rotatable bonds is 5. The van der Waals surface area contributed by atoms with Gasteiger partial charge < -0.3 is 4.90 Å². The van der Waals surface area contributed by atoms with Crippen molar-refractivity contribution >= 4 is 52.5 Å². The van der Waals surface area contributed by atoms with Crippen molar-refractivity contribution in [2.24, 2.45) is 4.99 Å².